The lowest BCUT2D eigenvalue weighted by Crippen LogP contribution is -2.41. The molecule has 2 N–H and O–H groups in total. The van der Waals surface area contributed by atoms with Gasteiger partial charge in [-0.05, 0) is 36.8 Å². The molecule has 1 heterocycles. The van der Waals surface area contributed by atoms with Gasteiger partial charge < -0.3 is 15.2 Å². The Morgan fingerprint density at radius 1 is 1.19 bits per heavy atom. The highest BCUT2D eigenvalue weighted by Crippen LogP contribution is 2.17. The molecule has 21 heavy (non-hydrogen) atoms. The number of benzene rings is 1. The van der Waals surface area contributed by atoms with Crippen molar-refractivity contribution in [1.29, 1.82) is 0 Å². The number of carbonyl (C=O) groups excluding carboxylic acids is 1. The molecule has 0 unspecified atom stereocenters. The van der Waals surface area contributed by atoms with Crippen molar-refractivity contribution in [3.05, 3.63) is 36.5 Å². The van der Waals surface area contributed by atoms with Gasteiger partial charge in [0.1, 0.15) is 0 Å². The Bertz CT molecular complexity index is 599. The fraction of sp³-hybridized carbons (Fsp3) is 0.471. The van der Waals surface area contributed by atoms with Gasteiger partial charge in [0.15, 0.2) is 0 Å². The van der Waals surface area contributed by atoms with Crippen LogP contribution >= 0.6 is 0 Å². The Balaban J connectivity index is 1.40. The molecule has 4 nitrogen and oxygen atoms in total. The number of nitrogens with zero attached hydrogens (tertiary/aromatic N) is 1. The van der Waals surface area contributed by atoms with Gasteiger partial charge in [-0.15, -0.1) is 0 Å². The number of rotatable bonds is 5. The Labute approximate surface area is 125 Å². The molecule has 1 saturated carbocycles. The molecular formula is C17H23N3O. The van der Waals surface area contributed by atoms with Crippen LogP contribution in [0.25, 0.3) is 10.9 Å². The van der Waals surface area contributed by atoms with E-state index in [2.05, 4.69) is 51.7 Å². The smallest absolute Gasteiger partial charge is 0.315 e. The largest absolute Gasteiger partial charge is 0.347 e. The minimum Gasteiger partial charge on any atom is -0.347 e. The average Bonchev–Trinajstić information content (AvgIpc) is 3.13. The van der Waals surface area contributed by atoms with Crippen molar-refractivity contribution in [3.8, 4) is 0 Å². The summed E-state index contributed by atoms with van der Waals surface area (Å²) in [5.41, 5.74) is 1.26. The van der Waals surface area contributed by atoms with E-state index in [1.54, 1.807) is 0 Å². The number of amides is 2. The van der Waals surface area contributed by atoms with E-state index in [1.807, 2.05) is 0 Å². The SMILES string of the molecule is O=C(NCCCn1ccc2ccccc21)NC1CCCC1. The first-order valence-corrected chi connectivity index (χ1v) is 7.91. The Morgan fingerprint density at radius 3 is 2.86 bits per heavy atom. The summed E-state index contributed by atoms with van der Waals surface area (Å²) in [5.74, 6) is 0. The maximum absolute atomic E-state index is 11.7. The average molecular weight is 285 g/mol. The number of nitrogens with one attached hydrogen (secondary N) is 2. The summed E-state index contributed by atoms with van der Waals surface area (Å²) in [7, 11) is 0. The molecule has 0 aliphatic heterocycles. The molecular weight excluding hydrogens is 262 g/mol. The molecule has 1 aliphatic carbocycles. The van der Waals surface area contributed by atoms with Gasteiger partial charge in [0.25, 0.3) is 0 Å². The summed E-state index contributed by atoms with van der Waals surface area (Å²) in [5, 5.41) is 7.27. The highest BCUT2D eigenvalue weighted by molar-refractivity contribution is 5.79. The Kier molecular flexibility index (Phi) is 4.43. The lowest BCUT2D eigenvalue weighted by molar-refractivity contribution is 0.237. The first-order valence-electron chi connectivity index (χ1n) is 7.91. The maximum Gasteiger partial charge on any atom is 0.315 e. The van der Waals surface area contributed by atoms with E-state index in [9.17, 15) is 4.79 Å². The van der Waals surface area contributed by atoms with E-state index in [1.165, 1.54) is 23.7 Å². The topological polar surface area (TPSA) is 46.1 Å². The van der Waals surface area contributed by atoms with Crippen LogP contribution in [0.1, 0.15) is 32.1 Å². The second kappa shape index (κ2) is 6.66. The molecule has 3 rings (SSSR count). The van der Waals surface area contributed by atoms with Crippen LogP contribution in [0.15, 0.2) is 36.5 Å². The minimum absolute atomic E-state index is 0.0146. The zero-order valence-corrected chi connectivity index (χ0v) is 12.3. The number of fused-ring (bicyclic) bond motifs is 1. The number of hydrogen-bond acceptors (Lipinski definition) is 1. The van der Waals surface area contributed by atoms with E-state index < -0.39 is 0 Å². The first kappa shape index (κ1) is 14.0. The van der Waals surface area contributed by atoms with Crippen molar-refractivity contribution in [1.82, 2.24) is 15.2 Å². The third-order valence-electron chi connectivity index (χ3n) is 4.23. The van der Waals surface area contributed by atoms with Crippen molar-refractivity contribution in [3.63, 3.8) is 0 Å². The van der Waals surface area contributed by atoms with Crippen molar-refractivity contribution < 1.29 is 4.79 Å². The van der Waals surface area contributed by atoms with Gasteiger partial charge in [-0.2, -0.15) is 0 Å². The van der Waals surface area contributed by atoms with Crippen LogP contribution in [0.4, 0.5) is 4.79 Å². The molecule has 1 aromatic heterocycles. The van der Waals surface area contributed by atoms with Crippen molar-refractivity contribution in [2.75, 3.05) is 6.54 Å². The van der Waals surface area contributed by atoms with Gasteiger partial charge in [-0.25, -0.2) is 4.79 Å². The summed E-state index contributed by atoms with van der Waals surface area (Å²) in [6, 6.07) is 10.9. The second-order valence-electron chi connectivity index (χ2n) is 5.80. The monoisotopic (exact) mass is 285 g/mol. The fourth-order valence-electron chi connectivity index (χ4n) is 3.09. The number of aryl methyl sites for hydroxylation is 1. The van der Waals surface area contributed by atoms with Crippen LogP contribution in [0, 0.1) is 0 Å². The molecule has 1 aliphatic rings. The number of aromatic nitrogens is 1. The van der Waals surface area contributed by atoms with E-state index in [0.717, 1.165) is 25.8 Å². The zero-order valence-electron chi connectivity index (χ0n) is 12.3. The van der Waals surface area contributed by atoms with Gasteiger partial charge in [-0.1, -0.05) is 31.0 Å². The van der Waals surface area contributed by atoms with Gasteiger partial charge in [0.05, 0.1) is 0 Å². The maximum atomic E-state index is 11.7. The van der Waals surface area contributed by atoms with Gasteiger partial charge >= 0.3 is 6.03 Å². The van der Waals surface area contributed by atoms with Gasteiger partial charge in [-0.3, -0.25) is 0 Å². The van der Waals surface area contributed by atoms with Crippen molar-refractivity contribution in [2.45, 2.75) is 44.7 Å². The molecule has 0 atom stereocenters. The number of carbonyl (C=O) groups is 1. The predicted octanol–water partition coefficient (Wildman–Crippen LogP) is 3.27. The Morgan fingerprint density at radius 2 is 2.00 bits per heavy atom. The molecule has 0 radical (unpaired) electrons. The summed E-state index contributed by atoms with van der Waals surface area (Å²) in [4.78, 5) is 11.7. The quantitative estimate of drug-likeness (QED) is 0.814. The highest BCUT2D eigenvalue weighted by Gasteiger charge is 2.16. The second-order valence-corrected chi connectivity index (χ2v) is 5.80. The molecule has 0 spiro atoms. The van der Waals surface area contributed by atoms with Crippen LogP contribution in [0.2, 0.25) is 0 Å². The number of urea groups is 1. The third kappa shape index (κ3) is 3.57. The summed E-state index contributed by atoms with van der Waals surface area (Å²) >= 11 is 0. The van der Waals surface area contributed by atoms with Crippen LogP contribution in [-0.4, -0.2) is 23.2 Å². The van der Waals surface area contributed by atoms with Crippen molar-refractivity contribution in [2.24, 2.45) is 0 Å². The Hall–Kier alpha value is -1.97. The molecule has 2 amide bonds. The fourth-order valence-corrected chi connectivity index (χ4v) is 3.09. The molecule has 1 aromatic carbocycles. The molecule has 112 valence electrons. The normalized spacial score (nSPS) is 15.4. The summed E-state index contributed by atoms with van der Waals surface area (Å²) in [6.45, 7) is 1.64. The minimum atomic E-state index is -0.0146. The van der Waals surface area contributed by atoms with Crippen LogP contribution < -0.4 is 10.6 Å². The standard InChI is InChI=1S/C17H23N3O/c21-17(19-15-7-2-3-8-15)18-11-5-12-20-13-10-14-6-1-4-9-16(14)20/h1,4,6,9-10,13,15H,2-3,5,7-8,11-12H2,(H2,18,19,21). The zero-order chi connectivity index (χ0) is 14.5. The molecule has 0 saturated heterocycles. The predicted molar refractivity (Wildman–Crippen MR) is 85.3 cm³/mol. The van der Waals surface area contributed by atoms with E-state index in [-0.39, 0.29) is 6.03 Å². The number of hydrogen-bond donors (Lipinski definition) is 2. The first-order chi connectivity index (χ1) is 10.3. The lowest BCUT2D eigenvalue weighted by Gasteiger charge is -2.13. The van der Waals surface area contributed by atoms with Crippen LogP contribution in [0.5, 0.6) is 0 Å². The van der Waals surface area contributed by atoms with Crippen LogP contribution in [0.3, 0.4) is 0 Å². The van der Waals surface area contributed by atoms with E-state index in [4.69, 9.17) is 0 Å². The van der Waals surface area contributed by atoms with Gasteiger partial charge in [0, 0.05) is 30.8 Å². The summed E-state index contributed by atoms with van der Waals surface area (Å²) < 4.78 is 2.24. The van der Waals surface area contributed by atoms with Crippen LogP contribution in [-0.2, 0) is 6.54 Å². The lowest BCUT2D eigenvalue weighted by atomic mass is 10.2. The van der Waals surface area contributed by atoms with E-state index in [0.29, 0.717) is 12.6 Å². The third-order valence-corrected chi connectivity index (χ3v) is 4.23. The molecule has 0 bridgehead atoms. The molecule has 2 aromatic rings. The highest BCUT2D eigenvalue weighted by atomic mass is 16.2. The molecule has 1 fully saturated rings. The number of para-hydroxylation sites is 1. The van der Waals surface area contributed by atoms with Crippen molar-refractivity contribution >= 4 is 16.9 Å². The van der Waals surface area contributed by atoms with Gasteiger partial charge in [0.2, 0.25) is 0 Å². The summed E-state index contributed by atoms with van der Waals surface area (Å²) in [6.07, 6.45) is 7.79. The van der Waals surface area contributed by atoms with E-state index >= 15 is 0 Å². The molecule has 4 heteroatoms.